The third kappa shape index (κ3) is 7.83. The van der Waals surface area contributed by atoms with Crippen LogP contribution in [0, 0.1) is 0 Å². The minimum absolute atomic E-state index is 0. The molecule has 1 heterocycles. The smallest absolute Gasteiger partial charge is 0.138 e. The second kappa shape index (κ2) is 9.57. The van der Waals surface area contributed by atoms with Gasteiger partial charge in [-0.15, -0.1) is 0 Å². The van der Waals surface area contributed by atoms with Crippen LogP contribution in [-0.4, -0.2) is 19.0 Å². The van der Waals surface area contributed by atoms with Crippen molar-refractivity contribution in [3.63, 3.8) is 0 Å². The molecule has 0 aliphatic carbocycles. The van der Waals surface area contributed by atoms with Crippen LogP contribution in [0.5, 0.6) is 0 Å². The fraction of sp³-hybridized carbons (Fsp3) is 0. The minimum Gasteiger partial charge on any atom is -0.412 e. The molecule has 0 fully saturated rings. The number of H-pyrrole nitrogens is 2. The molecule has 2 unspecified atom stereocenters. The molecule has 4 N–H and O–H groups in total. The largest absolute Gasteiger partial charge is 0.412 e. The summed E-state index contributed by atoms with van der Waals surface area (Å²) in [5.41, 5.74) is 0. The molecule has 4 nitrogen and oxygen atoms in total. The van der Waals surface area contributed by atoms with Gasteiger partial charge in [0.25, 0.3) is 0 Å². The fourth-order valence-corrected chi connectivity index (χ4v) is 3.19. The average Bonchev–Trinajstić information content (AvgIpc) is 2.24. The maximum Gasteiger partial charge on any atom is 0.138 e. The number of hydrogen-bond acceptors (Lipinski definition) is 1. The monoisotopic (exact) mass is 235 g/mol. The molecule has 0 aliphatic rings. The summed E-state index contributed by atoms with van der Waals surface area (Å²) in [7, 11) is 2.36. The van der Waals surface area contributed by atoms with E-state index in [2.05, 4.69) is 13.5 Å². The lowest BCUT2D eigenvalue weighted by Crippen LogP contribution is -1.47. The maximum atomic E-state index is 3.96. The molecule has 2 atom stereocenters. The summed E-state index contributed by atoms with van der Waals surface area (Å²) in [6.07, 6.45) is 0. The minimum atomic E-state index is 0. The number of hydrogen-bond donors (Lipinski definition) is 2. The molecule has 72 valence electrons. The number of benzene rings is 1. The van der Waals surface area contributed by atoms with E-state index in [0.29, 0.717) is 17.0 Å². The van der Waals surface area contributed by atoms with Crippen molar-refractivity contribution in [3.8, 4) is 0 Å². The molecule has 1 aromatic carbocycles. The van der Waals surface area contributed by atoms with Gasteiger partial charge in [0.15, 0.2) is 0 Å². The van der Waals surface area contributed by atoms with Gasteiger partial charge in [-0.05, 0) is 0 Å². The Hall–Kier alpha value is -0.520. The molecule has 0 aliphatic heterocycles. The summed E-state index contributed by atoms with van der Waals surface area (Å²) < 4.78 is 10.0. The van der Waals surface area contributed by atoms with Crippen molar-refractivity contribution in [2.24, 2.45) is 0 Å². The van der Waals surface area contributed by atoms with Crippen molar-refractivity contribution < 1.29 is 5.48 Å². The molecule has 1 aromatic heterocycles. The van der Waals surface area contributed by atoms with Gasteiger partial charge >= 0.3 is 0 Å². The molecule has 0 saturated heterocycles. The Kier molecular flexibility index (Phi) is 9.18. The first kappa shape index (κ1) is 12.5. The fourth-order valence-electron chi connectivity index (χ4n) is 0.541. The van der Waals surface area contributed by atoms with E-state index in [1.165, 1.54) is 0 Å². The van der Waals surface area contributed by atoms with Crippen LogP contribution in [0.15, 0.2) is 36.4 Å². The lowest BCUT2D eigenvalue weighted by atomic mass is 10.4. The molecule has 0 saturated carbocycles. The van der Waals surface area contributed by atoms with Crippen LogP contribution >= 0.6 is 25.5 Å². The molecule has 7 heteroatoms. The Balaban J connectivity index is 0.000000206. The molecule has 0 bridgehead atoms. The van der Waals surface area contributed by atoms with Crippen LogP contribution in [-0.2, 0) is 0 Å². The summed E-state index contributed by atoms with van der Waals surface area (Å²) in [6.45, 7) is 0. The standard InChI is InChI=1S/C6H6.H4N3P3.H2O/c1-2-4-6-5-3-1;1-4-2-6-3-5-1;/h1-6H;1,4-5H,(H,2,3);1H2. The molecule has 0 radical (unpaired) electrons. The first-order valence-electron chi connectivity index (χ1n) is 3.40. The van der Waals surface area contributed by atoms with Crippen molar-refractivity contribution in [2.45, 2.75) is 0 Å². The van der Waals surface area contributed by atoms with Gasteiger partial charge in [0.05, 0.1) is 0 Å². The van der Waals surface area contributed by atoms with Crippen LogP contribution in [0.4, 0.5) is 0 Å². The summed E-state index contributed by atoms with van der Waals surface area (Å²) >= 11 is 0. The van der Waals surface area contributed by atoms with E-state index in [-0.39, 0.29) is 5.48 Å². The molecular weight excluding hydrogens is 223 g/mol. The second-order valence-electron chi connectivity index (χ2n) is 1.83. The number of aromatic nitrogens is 3. The highest BCUT2D eigenvalue weighted by molar-refractivity contribution is 7.43. The zero-order valence-electron chi connectivity index (χ0n) is 6.86. The van der Waals surface area contributed by atoms with Gasteiger partial charge in [-0.2, -0.15) is 4.51 Å². The third-order valence-corrected chi connectivity index (χ3v) is 3.59. The predicted octanol–water partition coefficient (Wildman–Crippen LogP) is 2.37. The first-order chi connectivity index (χ1) is 6.00. The van der Waals surface area contributed by atoms with Crippen LogP contribution < -0.4 is 0 Å². The zero-order chi connectivity index (χ0) is 8.49. The van der Waals surface area contributed by atoms with Crippen LogP contribution in [0.2, 0.25) is 0 Å². The summed E-state index contributed by atoms with van der Waals surface area (Å²) in [6, 6.07) is 12.0. The summed E-state index contributed by atoms with van der Waals surface area (Å²) in [4.78, 5) is 0. The van der Waals surface area contributed by atoms with E-state index in [1.807, 2.05) is 36.4 Å². The number of rotatable bonds is 0. The third-order valence-electron chi connectivity index (χ3n) is 0.991. The average molecular weight is 235 g/mol. The topological polar surface area (TPSA) is 76.0 Å². The van der Waals surface area contributed by atoms with Crippen molar-refractivity contribution in [3.05, 3.63) is 36.4 Å². The van der Waals surface area contributed by atoms with E-state index in [0.717, 1.165) is 8.51 Å². The van der Waals surface area contributed by atoms with E-state index >= 15 is 0 Å². The van der Waals surface area contributed by atoms with Crippen molar-refractivity contribution in [1.82, 2.24) is 13.5 Å². The normalized spacial score (nSPS) is 9.23. The molecular formula is C6H12N3OP3. The Bertz CT molecular complexity index is 199. The zero-order valence-corrected chi connectivity index (χ0v) is 9.75. The van der Waals surface area contributed by atoms with E-state index < -0.39 is 0 Å². The lowest BCUT2D eigenvalue weighted by Gasteiger charge is -1.75. The SMILES string of the molecule is O.c1ccccc1.n1p[nH][pH][nH][pH]1. The van der Waals surface area contributed by atoms with E-state index in [9.17, 15) is 0 Å². The summed E-state index contributed by atoms with van der Waals surface area (Å²) in [5.74, 6) is 0. The van der Waals surface area contributed by atoms with Gasteiger partial charge in [0.1, 0.15) is 8.51 Å². The first-order valence-corrected chi connectivity index (χ1v) is 6.19. The van der Waals surface area contributed by atoms with E-state index in [4.69, 9.17) is 0 Å². The molecule has 13 heavy (non-hydrogen) atoms. The molecule has 2 aromatic rings. The Labute approximate surface area is 81.5 Å². The molecule has 2 rings (SSSR count). The molecule has 0 amide bonds. The Morgan fingerprint density at radius 1 is 1.00 bits per heavy atom. The van der Waals surface area contributed by atoms with Gasteiger partial charge in [-0.25, -0.2) is 0 Å². The number of nitrogens with zero attached hydrogens (tertiary/aromatic N) is 1. The highest BCUT2D eigenvalue weighted by Crippen LogP contribution is 2.01. The second-order valence-corrected chi connectivity index (χ2v) is 5.20. The highest BCUT2D eigenvalue weighted by atomic mass is 31.1. The van der Waals surface area contributed by atoms with Crippen LogP contribution in [0.3, 0.4) is 0 Å². The van der Waals surface area contributed by atoms with Crippen LogP contribution in [0.25, 0.3) is 0 Å². The quantitative estimate of drug-likeness (QED) is 0.722. The van der Waals surface area contributed by atoms with Crippen LogP contribution in [0.1, 0.15) is 0 Å². The molecule has 0 spiro atoms. The van der Waals surface area contributed by atoms with E-state index in [1.54, 1.807) is 0 Å². The van der Waals surface area contributed by atoms with Crippen molar-refractivity contribution >= 4 is 25.5 Å². The van der Waals surface area contributed by atoms with Gasteiger partial charge in [-0.1, -0.05) is 36.4 Å². The van der Waals surface area contributed by atoms with Gasteiger partial charge < -0.3 is 14.5 Å². The van der Waals surface area contributed by atoms with Crippen molar-refractivity contribution in [2.75, 3.05) is 0 Å². The van der Waals surface area contributed by atoms with Gasteiger partial charge in [-0.3, -0.25) is 0 Å². The lowest BCUT2D eigenvalue weighted by molar-refractivity contribution is 0.824. The Morgan fingerprint density at radius 3 is 1.69 bits per heavy atom. The Morgan fingerprint density at radius 2 is 1.54 bits per heavy atom. The predicted molar refractivity (Wildman–Crippen MR) is 62.1 cm³/mol. The highest BCUT2D eigenvalue weighted by Gasteiger charge is 1.57. The number of nitrogens with one attached hydrogen (secondary N) is 2. The maximum absolute atomic E-state index is 3.96. The van der Waals surface area contributed by atoms with Gasteiger partial charge in [0, 0.05) is 17.0 Å². The number of aromatic amines is 2. The summed E-state index contributed by atoms with van der Waals surface area (Å²) in [5, 5.41) is 0. The van der Waals surface area contributed by atoms with Gasteiger partial charge in [0.2, 0.25) is 0 Å². The van der Waals surface area contributed by atoms with Crippen molar-refractivity contribution in [1.29, 1.82) is 0 Å².